The van der Waals surface area contributed by atoms with Crippen molar-refractivity contribution in [2.45, 2.75) is 0 Å². The molecule has 0 aliphatic rings. The van der Waals surface area contributed by atoms with Crippen LogP contribution in [0, 0.1) is 10.1 Å². The van der Waals surface area contributed by atoms with Crippen molar-refractivity contribution in [3.05, 3.63) is 69.8 Å². The number of nitrogens with one attached hydrogen (secondary N) is 1. The number of carbonyl (C=O) groups is 2. The highest BCUT2D eigenvalue weighted by molar-refractivity contribution is 6.07. The third-order valence-electron chi connectivity index (χ3n) is 2.72. The molecule has 1 amide bonds. The van der Waals surface area contributed by atoms with Gasteiger partial charge >= 0.3 is 5.97 Å². The van der Waals surface area contributed by atoms with Gasteiger partial charge in [0.05, 0.1) is 16.2 Å². The van der Waals surface area contributed by atoms with Crippen LogP contribution in [-0.2, 0) is 0 Å². The minimum atomic E-state index is -1.18. The van der Waals surface area contributed by atoms with Crippen LogP contribution in [0.3, 0.4) is 0 Å². The van der Waals surface area contributed by atoms with Crippen molar-refractivity contribution in [3.63, 3.8) is 0 Å². The van der Waals surface area contributed by atoms with E-state index in [1.165, 1.54) is 36.4 Å². The van der Waals surface area contributed by atoms with Crippen LogP contribution in [0.5, 0.6) is 0 Å². The molecule has 0 saturated heterocycles. The molecule has 0 fully saturated rings. The molecule has 0 aliphatic heterocycles. The Morgan fingerprint density at radius 1 is 1.10 bits per heavy atom. The first kappa shape index (κ1) is 14.2. The molecule has 0 aliphatic carbocycles. The van der Waals surface area contributed by atoms with Crippen molar-refractivity contribution in [1.82, 2.24) is 0 Å². The van der Waals surface area contributed by atoms with Crippen LogP contribution < -0.4 is 5.32 Å². The smallest absolute Gasteiger partial charge is 0.337 e. The minimum absolute atomic E-state index is 0.0590. The lowest BCUT2D eigenvalue weighted by Gasteiger charge is -2.08. The second-order valence-electron chi connectivity index (χ2n) is 4.11. The lowest BCUT2D eigenvalue weighted by Crippen LogP contribution is -2.14. The number of nitro groups is 1. The third kappa shape index (κ3) is 3.21. The Morgan fingerprint density at radius 3 is 2.48 bits per heavy atom. The number of carboxylic acid groups (broad SMARTS) is 1. The van der Waals surface area contributed by atoms with Crippen molar-refractivity contribution < 1.29 is 19.6 Å². The first-order chi connectivity index (χ1) is 9.99. The summed E-state index contributed by atoms with van der Waals surface area (Å²) in [5.41, 5.74) is -0.0728. The lowest BCUT2D eigenvalue weighted by molar-refractivity contribution is -0.384. The molecular formula is C14H10N2O5. The van der Waals surface area contributed by atoms with E-state index < -0.39 is 16.8 Å². The largest absolute Gasteiger partial charge is 0.478 e. The molecule has 2 N–H and O–H groups in total. The quantitative estimate of drug-likeness (QED) is 0.663. The number of amides is 1. The number of para-hydroxylation sites is 1. The van der Waals surface area contributed by atoms with E-state index in [1.807, 2.05) is 0 Å². The molecule has 7 heteroatoms. The molecule has 106 valence electrons. The summed E-state index contributed by atoms with van der Waals surface area (Å²) in [6.07, 6.45) is 0. The zero-order chi connectivity index (χ0) is 15.4. The minimum Gasteiger partial charge on any atom is -0.478 e. The molecule has 0 aromatic heterocycles. The molecule has 0 unspecified atom stereocenters. The highest BCUT2D eigenvalue weighted by Gasteiger charge is 2.15. The molecule has 0 saturated carbocycles. The summed E-state index contributed by atoms with van der Waals surface area (Å²) >= 11 is 0. The summed E-state index contributed by atoms with van der Waals surface area (Å²) in [4.78, 5) is 33.1. The summed E-state index contributed by atoms with van der Waals surface area (Å²) in [6, 6.07) is 11.1. The maximum Gasteiger partial charge on any atom is 0.337 e. The van der Waals surface area contributed by atoms with Crippen molar-refractivity contribution in [1.29, 1.82) is 0 Å². The van der Waals surface area contributed by atoms with E-state index >= 15 is 0 Å². The fourth-order valence-corrected chi connectivity index (χ4v) is 1.73. The van der Waals surface area contributed by atoms with Gasteiger partial charge in [0.15, 0.2) is 0 Å². The first-order valence-electron chi connectivity index (χ1n) is 5.87. The van der Waals surface area contributed by atoms with Crippen LogP contribution >= 0.6 is 0 Å². The lowest BCUT2D eigenvalue weighted by atomic mass is 10.1. The molecule has 0 bridgehead atoms. The molecule has 0 heterocycles. The highest BCUT2D eigenvalue weighted by Crippen LogP contribution is 2.18. The Bertz CT molecular complexity index is 727. The number of rotatable bonds is 4. The zero-order valence-electron chi connectivity index (χ0n) is 10.6. The Morgan fingerprint density at radius 2 is 1.81 bits per heavy atom. The van der Waals surface area contributed by atoms with E-state index in [0.29, 0.717) is 0 Å². The van der Waals surface area contributed by atoms with Crippen molar-refractivity contribution >= 4 is 23.3 Å². The van der Waals surface area contributed by atoms with E-state index in [9.17, 15) is 19.7 Å². The number of carbonyl (C=O) groups excluding carboxylic acids is 1. The van der Waals surface area contributed by atoms with Gasteiger partial charge in [0, 0.05) is 17.7 Å². The normalized spacial score (nSPS) is 9.90. The predicted molar refractivity (Wildman–Crippen MR) is 74.5 cm³/mol. The number of nitrogens with zero attached hydrogens (tertiary/aromatic N) is 1. The van der Waals surface area contributed by atoms with Crippen molar-refractivity contribution in [2.24, 2.45) is 0 Å². The van der Waals surface area contributed by atoms with Gasteiger partial charge in [-0.15, -0.1) is 0 Å². The molecule has 0 radical (unpaired) electrons. The van der Waals surface area contributed by atoms with Crippen molar-refractivity contribution in [3.8, 4) is 0 Å². The maximum absolute atomic E-state index is 12.0. The van der Waals surface area contributed by atoms with Crippen LogP contribution in [0.1, 0.15) is 20.7 Å². The number of nitro benzene ring substituents is 1. The standard InChI is InChI=1S/C14H10N2O5/c17-13(9-4-3-5-10(8-9)16(20)21)15-12-7-2-1-6-11(12)14(18)19/h1-8H,(H,15,17)(H,18,19). The van der Waals surface area contributed by atoms with E-state index in [-0.39, 0.29) is 22.5 Å². The van der Waals surface area contributed by atoms with Crippen LogP contribution in [0.25, 0.3) is 0 Å². The Labute approximate surface area is 119 Å². The summed E-state index contributed by atoms with van der Waals surface area (Å²) in [5.74, 6) is -1.79. The Kier molecular flexibility index (Phi) is 3.94. The zero-order valence-corrected chi connectivity index (χ0v) is 10.6. The molecule has 0 spiro atoms. The second-order valence-corrected chi connectivity index (χ2v) is 4.11. The van der Waals surface area contributed by atoms with Gasteiger partial charge < -0.3 is 10.4 Å². The monoisotopic (exact) mass is 286 g/mol. The van der Waals surface area contributed by atoms with Gasteiger partial charge in [0.1, 0.15) is 0 Å². The molecule has 21 heavy (non-hydrogen) atoms. The van der Waals surface area contributed by atoms with Crippen LogP contribution in [0.4, 0.5) is 11.4 Å². The average molecular weight is 286 g/mol. The summed E-state index contributed by atoms with van der Waals surface area (Å²) < 4.78 is 0. The van der Waals surface area contributed by atoms with E-state index in [4.69, 9.17) is 5.11 Å². The number of aromatic carboxylic acids is 1. The predicted octanol–water partition coefficient (Wildman–Crippen LogP) is 2.55. The highest BCUT2D eigenvalue weighted by atomic mass is 16.6. The number of hydrogen-bond donors (Lipinski definition) is 2. The van der Waals surface area contributed by atoms with E-state index in [2.05, 4.69) is 5.32 Å². The average Bonchev–Trinajstić information content (AvgIpc) is 2.47. The molecule has 7 nitrogen and oxygen atoms in total. The van der Waals surface area contributed by atoms with Gasteiger partial charge in [-0.25, -0.2) is 4.79 Å². The summed E-state index contributed by atoms with van der Waals surface area (Å²) in [6.45, 7) is 0. The van der Waals surface area contributed by atoms with Gasteiger partial charge in [-0.2, -0.15) is 0 Å². The maximum atomic E-state index is 12.0. The van der Waals surface area contributed by atoms with Gasteiger partial charge in [-0.05, 0) is 18.2 Å². The van der Waals surface area contributed by atoms with E-state index in [1.54, 1.807) is 6.07 Å². The number of benzene rings is 2. The molecule has 2 rings (SSSR count). The molecule has 0 atom stereocenters. The fourth-order valence-electron chi connectivity index (χ4n) is 1.73. The van der Waals surface area contributed by atoms with Crippen LogP contribution in [0.2, 0.25) is 0 Å². The Hall–Kier alpha value is -3.22. The summed E-state index contributed by atoms with van der Waals surface area (Å²) in [7, 11) is 0. The number of hydrogen-bond acceptors (Lipinski definition) is 4. The SMILES string of the molecule is O=C(Nc1ccccc1C(=O)O)c1cccc([N+](=O)[O-])c1. The van der Waals surface area contributed by atoms with Crippen LogP contribution in [0.15, 0.2) is 48.5 Å². The van der Waals surface area contributed by atoms with Gasteiger partial charge in [-0.1, -0.05) is 18.2 Å². The van der Waals surface area contributed by atoms with Gasteiger partial charge in [0.25, 0.3) is 11.6 Å². The number of anilines is 1. The van der Waals surface area contributed by atoms with E-state index in [0.717, 1.165) is 6.07 Å². The van der Waals surface area contributed by atoms with Crippen molar-refractivity contribution in [2.75, 3.05) is 5.32 Å². The number of carboxylic acids is 1. The van der Waals surface area contributed by atoms with Gasteiger partial charge in [0.2, 0.25) is 0 Å². The fraction of sp³-hybridized carbons (Fsp3) is 0. The van der Waals surface area contributed by atoms with Gasteiger partial charge in [-0.3, -0.25) is 14.9 Å². The molecule has 2 aromatic carbocycles. The second kappa shape index (κ2) is 5.83. The molecular weight excluding hydrogens is 276 g/mol. The third-order valence-corrected chi connectivity index (χ3v) is 2.72. The topological polar surface area (TPSA) is 110 Å². The number of non-ortho nitro benzene ring substituents is 1. The Balaban J connectivity index is 2.28. The first-order valence-corrected chi connectivity index (χ1v) is 5.87. The summed E-state index contributed by atoms with van der Waals surface area (Å²) in [5, 5.41) is 22.1. The van der Waals surface area contributed by atoms with Crippen LogP contribution in [-0.4, -0.2) is 21.9 Å². The molecule has 2 aromatic rings.